The van der Waals surface area contributed by atoms with E-state index in [1.807, 2.05) is 4.68 Å². The molecule has 0 spiro atoms. The fraction of sp³-hybridized carbons (Fsp3) is 0.917. The summed E-state index contributed by atoms with van der Waals surface area (Å²) in [5, 5.41) is 15.6. The Bertz CT molecular complexity index is 352. The SMILES string of the molecule is CC(C)NCc1nnnn1C1(C)CCCCC1. The highest BCUT2D eigenvalue weighted by Crippen LogP contribution is 2.34. The zero-order valence-electron chi connectivity index (χ0n) is 11.1. The van der Waals surface area contributed by atoms with Crippen LogP contribution in [-0.4, -0.2) is 26.2 Å². The molecule has 1 fully saturated rings. The van der Waals surface area contributed by atoms with Gasteiger partial charge < -0.3 is 5.32 Å². The normalized spacial score (nSPS) is 19.8. The second-order valence-electron chi connectivity index (χ2n) is 5.60. The quantitative estimate of drug-likeness (QED) is 0.868. The summed E-state index contributed by atoms with van der Waals surface area (Å²) >= 11 is 0. The minimum Gasteiger partial charge on any atom is -0.308 e. The molecular weight excluding hydrogens is 214 g/mol. The van der Waals surface area contributed by atoms with Gasteiger partial charge in [0.1, 0.15) is 0 Å². The first-order valence-corrected chi connectivity index (χ1v) is 6.63. The van der Waals surface area contributed by atoms with Crippen molar-refractivity contribution in [2.75, 3.05) is 0 Å². The van der Waals surface area contributed by atoms with Crippen LogP contribution in [0.5, 0.6) is 0 Å². The number of tetrazole rings is 1. The minimum atomic E-state index is 0.121. The van der Waals surface area contributed by atoms with E-state index in [1.165, 1.54) is 32.1 Å². The summed E-state index contributed by atoms with van der Waals surface area (Å²) < 4.78 is 2.04. The van der Waals surface area contributed by atoms with E-state index in [0.717, 1.165) is 12.4 Å². The molecule has 96 valence electrons. The molecule has 17 heavy (non-hydrogen) atoms. The maximum Gasteiger partial charge on any atom is 0.165 e. The van der Waals surface area contributed by atoms with Gasteiger partial charge in [0, 0.05) is 6.04 Å². The molecule has 0 aliphatic heterocycles. The average molecular weight is 237 g/mol. The summed E-state index contributed by atoms with van der Waals surface area (Å²) in [7, 11) is 0. The highest BCUT2D eigenvalue weighted by atomic mass is 15.6. The Kier molecular flexibility index (Phi) is 3.76. The van der Waals surface area contributed by atoms with E-state index in [4.69, 9.17) is 0 Å². The Morgan fingerprint density at radius 2 is 2.00 bits per heavy atom. The number of hydrogen-bond donors (Lipinski definition) is 1. The van der Waals surface area contributed by atoms with Gasteiger partial charge in [0.25, 0.3) is 0 Å². The monoisotopic (exact) mass is 237 g/mol. The highest BCUT2D eigenvalue weighted by molar-refractivity contribution is 4.92. The van der Waals surface area contributed by atoms with Gasteiger partial charge in [-0.05, 0) is 30.2 Å². The molecule has 1 aliphatic rings. The van der Waals surface area contributed by atoms with E-state index in [1.54, 1.807) is 0 Å². The van der Waals surface area contributed by atoms with E-state index in [0.29, 0.717) is 6.04 Å². The van der Waals surface area contributed by atoms with Crippen molar-refractivity contribution >= 4 is 0 Å². The molecule has 0 unspecified atom stereocenters. The molecule has 1 heterocycles. The standard InChI is InChI=1S/C12H23N5/c1-10(2)13-9-11-14-15-16-17(11)12(3)7-5-4-6-8-12/h10,13H,4-9H2,1-3H3. The van der Waals surface area contributed by atoms with Gasteiger partial charge >= 0.3 is 0 Å². The topological polar surface area (TPSA) is 55.6 Å². The summed E-state index contributed by atoms with van der Waals surface area (Å²) in [5.74, 6) is 0.961. The second-order valence-corrected chi connectivity index (χ2v) is 5.60. The van der Waals surface area contributed by atoms with Crippen LogP contribution in [0.2, 0.25) is 0 Å². The average Bonchev–Trinajstić information content (AvgIpc) is 2.76. The third-order valence-electron chi connectivity index (χ3n) is 3.64. The third-order valence-corrected chi connectivity index (χ3v) is 3.64. The van der Waals surface area contributed by atoms with Crippen LogP contribution < -0.4 is 5.32 Å². The third kappa shape index (κ3) is 2.83. The van der Waals surface area contributed by atoms with Crippen LogP contribution in [0, 0.1) is 0 Å². The molecule has 1 aromatic rings. The first-order valence-electron chi connectivity index (χ1n) is 6.63. The molecule has 1 aromatic heterocycles. The van der Waals surface area contributed by atoms with Gasteiger partial charge in [0.2, 0.25) is 0 Å². The van der Waals surface area contributed by atoms with Crippen molar-refractivity contribution in [2.45, 2.75) is 71.0 Å². The molecule has 0 aromatic carbocycles. The van der Waals surface area contributed by atoms with Crippen molar-refractivity contribution < 1.29 is 0 Å². The Hall–Kier alpha value is -0.970. The molecule has 0 amide bonds. The van der Waals surface area contributed by atoms with E-state index in [2.05, 4.69) is 41.6 Å². The number of rotatable bonds is 4. The van der Waals surface area contributed by atoms with Crippen molar-refractivity contribution in [3.63, 3.8) is 0 Å². The zero-order chi connectivity index (χ0) is 12.3. The van der Waals surface area contributed by atoms with Gasteiger partial charge in [-0.25, -0.2) is 4.68 Å². The number of nitrogens with one attached hydrogen (secondary N) is 1. The summed E-state index contributed by atoms with van der Waals surface area (Å²) in [4.78, 5) is 0. The van der Waals surface area contributed by atoms with Gasteiger partial charge in [-0.2, -0.15) is 0 Å². The van der Waals surface area contributed by atoms with Crippen molar-refractivity contribution in [1.82, 2.24) is 25.5 Å². The molecule has 5 nitrogen and oxygen atoms in total. The number of hydrogen-bond acceptors (Lipinski definition) is 4. The maximum absolute atomic E-state index is 4.21. The van der Waals surface area contributed by atoms with Crippen molar-refractivity contribution in [2.24, 2.45) is 0 Å². The molecule has 0 radical (unpaired) electrons. The largest absolute Gasteiger partial charge is 0.308 e. The number of nitrogens with zero attached hydrogens (tertiary/aromatic N) is 4. The number of aromatic nitrogens is 4. The predicted molar refractivity (Wildman–Crippen MR) is 66.5 cm³/mol. The summed E-state index contributed by atoms with van der Waals surface area (Å²) in [6.45, 7) is 7.30. The van der Waals surface area contributed by atoms with Gasteiger partial charge in [-0.15, -0.1) is 5.10 Å². The van der Waals surface area contributed by atoms with E-state index in [9.17, 15) is 0 Å². The van der Waals surface area contributed by atoms with Gasteiger partial charge in [0.15, 0.2) is 5.82 Å². The van der Waals surface area contributed by atoms with Crippen LogP contribution in [0.15, 0.2) is 0 Å². The molecule has 5 heteroatoms. The van der Waals surface area contributed by atoms with Crippen molar-refractivity contribution in [3.05, 3.63) is 5.82 Å². The predicted octanol–water partition coefficient (Wildman–Crippen LogP) is 1.85. The lowest BCUT2D eigenvalue weighted by molar-refractivity contribution is 0.187. The van der Waals surface area contributed by atoms with E-state index >= 15 is 0 Å². The Labute approximate surface area is 103 Å². The fourth-order valence-electron chi connectivity index (χ4n) is 2.56. The van der Waals surface area contributed by atoms with Gasteiger partial charge in [-0.3, -0.25) is 0 Å². The lowest BCUT2D eigenvalue weighted by Crippen LogP contribution is -2.36. The second kappa shape index (κ2) is 5.12. The van der Waals surface area contributed by atoms with Crippen LogP contribution in [0.3, 0.4) is 0 Å². The molecule has 1 aliphatic carbocycles. The molecule has 0 atom stereocenters. The summed E-state index contributed by atoms with van der Waals surface area (Å²) in [6, 6.07) is 0.458. The highest BCUT2D eigenvalue weighted by Gasteiger charge is 2.32. The van der Waals surface area contributed by atoms with Crippen LogP contribution in [-0.2, 0) is 12.1 Å². The van der Waals surface area contributed by atoms with Gasteiger partial charge in [-0.1, -0.05) is 33.1 Å². The van der Waals surface area contributed by atoms with Gasteiger partial charge in [0.05, 0.1) is 12.1 Å². The lowest BCUT2D eigenvalue weighted by atomic mass is 9.83. The maximum atomic E-state index is 4.21. The smallest absolute Gasteiger partial charge is 0.165 e. The van der Waals surface area contributed by atoms with E-state index in [-0.39, 0.29) is 5.54 Å². The lowest BCUT2D eigenvalue weighted by Gasteiger charge is -2.34. The molecular formula is C12H23N5. The Balaban J connectivity index is 2.11. The molecule has 0 bridgehead atoms. The van der Waals surface area contributed by atoms with Crippen LogP contribution >= 0.6 is 0 Å². The fourth-order valence-corrected chi connectivity index (χ4v) is 2.56. The Morgan fingerprint density at radius 3 is 2.65 bits per heavy atom. The molecule has 1 N–H and O–H groups in total. The molecule has 0 saturated heterocycles. The zero-order valence-corrected chi connectivity index (χ0v) is 11.1. The molecule has 1 saturated carbocycles. The van der Waals surface area contributed by atoms with Crippen molar-refractivity contribution in [3.8, 4) is 0 Å². The summed E-state index contributed by atoms with van der Waals surface area (Å²) in [6.07, 6.45) is 6.29. The molecule has 2 rings (SSSR count). The van der Waals surface area contributed by atoms with Crippen LogP contribution in [0.1, 0.15) is 58.7 Å². The van der Waals surface area contributed by atoms with Crippen LogP contribution in [0.4, 0.5) is 0 Å². The first kappa shape index (κ1) is 12.5. The Morgan fingerprint density at radius 1 is 1.29 bits per heavy atom. The first-order chi connectivity index (χ1) is 8.12. The minimum absolute atomic E-state index is 0.121. The van der Waals surface area contributed by atoms with Crippen molar-refractivity contribution in [1.29, 1.82) is 0 Å². The van der Waals surface area contributed by atoms with Crippen LogP contribution in [0.25, 0.3) is 0 Å². The summed E-state index contributed by atoms with van der Waals surface area (Å²) in [5.41, 5.74) is 0.121. The van der Waals surface area contributed by atoms with E-state index < -0.39 is 0 Å².